The standard InChI is InChI=1S/C17H21N3O5S/c1-11-8-14(19-20(11)13-6-7-26(22,23)10-13)17(21)18-12-4-5-15(24-2)16(9-12)25-3/h4-5,8-9,13H,6-7,10H2,1-3H3,(H,18,21). The molecule has 26 heavy (non-hydrogen) atoms. The number of nitrogens with zero attached hydrogens (tertiary/aromatic N) is 2. The molecule has 0 aliphatic carbocycles. The van der Waals surface area contributed by atoms with Crippen LogP contribution in [0.3, 0.4) is 0 Å². The van der Waals surface area contributed by atoms with Crippen LogP contribution in [0.5, 0.6) is 11.5 Å². The van der Waals surface area contributed by atoms with Gasteiger partial charge in [-0.25, -0.2) is 8.42 Å². The average molecular weight is 379 g/mol. The molecule has 1 unspecified atom stereocenters. The molecule has 0 bridgehead atoms. The number of hydrogen-bond donors (Lipinski definition) is 1. The van der Waals surface area contributed by atoms with Gasteiger partial charge in [0.15, 0.2) is 27.0 Å². The van der Waals surface area contributed by atoms with Gasteiger partial charge in [-0.3, -0.25) is 9.48 Å². The minimum atomic E-state index is -3.02. The Labute approximate surface area is 152 Å². The van der Waals surface area contributed by atoms with Gasteiger partial charge in [0.1, 0.15) is 0 Å². The fraction of sp³-hybridized carbons (Fsp3) is 0.412. The zero-order chi connectivity index (χ0) is 18.9. The highest BCUT2D eigenvalue weighted by Gasteiger charge is 2.31. The van der Waals surface area contributed by atoms with Crippen LogP contribution in [0.4, 0.5) is 5.69 Å². The number of methoxy groups -OCH3 is 2. The van der Waals surface area contributed by atoms with Crippen LogP contribution in [0, 0.1) is 6.92 Å². The summed E-state index contributed by atoms with van der Waals surface area (Å²) in [7, 11) is 0.0331. The Morgan fingerprint density at radius 1 is 1.23 bits per heavy atom. The van der Waals surface area contributed by atoms with Crippen LogP contribution >= 0.6 is 0 Å². The van der Waals surface area contributed by atoms with Gasteiger partial charge in [0.2, 0.25) is 0 Å². The van der Waals surface area contributed by atoms with E-state index in [0.29, 0.717) is 23.6 Å². The first-order chi connectivity index (χ1) is 12.3. The molecule has 1 atom stereocenters. The average Bonchev–Trinajstić information content (AvgIpc) is 3.16. The molecule has 140 valence electrons. The zero-order valence-electron chi connectivity index (χ0n) is 14.9. The zero-order valence-corrected chi connectivity index (χ0v) is 15.7. The molecule has 1 aliphatic heterocycles. The third kappa shape index (κ3) is 3.67. The predicted octanol–water partition coefficient (Wildman–Crippen LogP) is 1.82. The van der Waals surface area contributed by atoms with Crippen molar-refractivity contribution in [1.82, 2.24) is 9.78 Å². The van der Waals surface area contributed by atoms with E-state index in [1.165, 1.54) is 14.2 Å². The van der Waals surface area contributed by atoms with Crippen LogP contribution in [0.2, 0.25) is 0 Å². The summed E-state index contributed by atoms with van der Waals surface area (Å²) in [6, 6.07) is 6.49. The van der Waals surface area contributed by atoms with Crippen LogP contribution in [0.15, 0.2) is 24.3 Å². The summed E-state index contributed by atoms with van der Waals surface area (Å²) < 4.78 is 35.4. The van der Waals surface area contributed by atoms with E-state index in [9.17, 15) is 13.2 Å². The number of anilines is 1. The van der Waals surface area contributed by atoms with Crippen molar-refractivity contribution in [2.75, 3.05) is 31.0 Å². The molecule has 1 aromatic heterocycles. The lowest BCUT2D eigenvalue weighted by atomic mass is 10.2. The summed E-state index contributed by atoms with van der Waals surface area (Å²) in [5.41, 5.74) is 1.54. The summed E-state index contributed by atoms with van der Waals surface area (Å²) in [4.78, 5) is 12.5. The maximum absolute atomic E-state index is 12.5. The van der Waals surface area contributed by atoms with E-state index in [1.54, 1.807) is 28.9 Å². The van der Waals surface area contributed by atoms with Gasteiger partial charge >= 0.3 is 0 Å². The molecule has 2 heterocycles. The first kappa shape index (κ1) is 18.2. The van der Waals surface area contributed by atoms with Crippen molar-refractivity contribution in [3.63, 3.8) is 0 Å². The third-order valence-corrected chi connectivity index (χ3v) is 6.10. The molecule has 1 fully saturated rings. The van der Waals surface area contributed by atoms with Gasteiger partial charge in [0.25, 0.3) is 5.91 Å². The number of ether oxygens (including phenoxy) is 2. The number of aromatic nitrogens is 2. The molecule has 0 spiro atoms. The summed E-state index contributed by atoms with van der Waals surface area (Å²) in [6.45, 7) is 1.81. The number of carbonyl (C=O) groups excluding carboxylic acids is 1. The second-order valence-corrected chi connectivity index (χ2v) is 8.42. The van der Waals surface area contributed by atoms with Crippen molar-refractivity contribution in [1.29, 1.82) is 0 Å². The Morgan fingerprint density at radius 3 is 2.58 bits per heavy atom. The van der Waals surface area contributed by atoms with Gasteiger partial charge in [-0.2, -0.15) is 5.10 Å². The number of amides is 1. The second kappa shape index (κ2) is 6.99. The second-order valence-electron chi connectivity index (χ2n) is 6.20. The van der Waals surface area contributed by atoms with Gasteiger partial charge in [0.05, 0.1) is 31.8 Å². The minimum Gasteiger partial charge on any atom is -0.493 e. The van der Waals surface area contributed by atoms with E-state index < -0.39 is 9.84 Å². The van der Waals surface area contributed by atoms with Crippen LogP contribution in [0.1, 0.15) is 28.6 Å². The lowest BCUT2D eigenvalue weighted by Gasteiger charge is -2.11. The molecule has 3 rings (SSSR count). The maximum Gasteiger partial charge on any atom is 0.276 e. The van der Waals surface area contributed by atoms with E-state index in [2.05, 4.69) is 10.4 Å². The molecular weight excluding hydrogens is 358 g/mol. The molecular formula is C17H21N3O5S. The maximum atomic E-state index is 12.5. The van der Waals surface area contributed by atoms with E-state index >= 15 is 0 Å². The first-order valence-electron chi connectivity index (χ1n) is 8.13. The van der Waals surface area contributed by atoms with Crippen LogP contribution in [-0.4, -0.2) is 49.8 Å². The Bertz CT molecular complexity index is 936. The molecule has 1 N–H and O–H groups in total. The fourth-order valence-electron chi connectivity index (χ4n) is 3.05. The monoisotopic (exact) mass is 379 g/mol. The largest absolute Gasteiger partial charge is 0.493 e. The van der Waals surface area contributed by atoms with Crippen LogP contribution < -0.4 is 14.8 Å². The van der Waals surface area contributed by atoms with Crippen molar-refractivity contribution in [2.24, 2.45) is 0 Å². The van der Waals surface area contributed by atoms with E-state index in [1.807, 2.05) is 6.92 Å². The Morgan fingerprint density at radius 2 is 1.96 bits per heavy atom. The quantitative estimate of drug-likeness (QED) is 0.851. The molecule has 1 saturated heterocycles. The van der Waals surface area contributed by atoms with Gasteiger partial charge in [0, 0.05) is 17.4 Å². The molecule has 8 nitrogen and oxygen atoms in total. The van der Waals surface area contributed by atoms with E-state index in [-0.39, 0.29) is 29.1 Å². The SMILES string of the molecule is COc1ccc(NC(=O)c2cc(C)n(C3CCS(=O)(=O)C3)n2)cc1OC. The van der Waals surface area contributed by atoms with Crippen molar-refractivity contribution in [2.45, 2.75) is 19.4 Å². The Hall–Kier alpha value is -2.55. The fourth-order valence-corrected chi connectivity index (χ4v) is 4.74. The number of benzene rings is 1. The normalized spacial score (nSPS) is 18.5. The van der Waals surface area contributed by atoms with Crippen molar-refractivity contribution in [3.05, 3.63) is 35.7 Å². The number of carbonyl (C=O) groups is 1. The van der Waals surface area contributed by atoms with Crippen molar-refractivity contribution in [3.8, 4) is 11.5 Å². The van der Waals surface area contributed by atoms with Gasteiger partial charge in [-0.15, -0.1) is 0 Å². The molecule has 2 aromatic rings. The molecule has 1 amide bonds. The highest BCUT2D eigenvalue weighted by molar-refractivity contribution is 7.91. The molecule has 1 aromatic carbocycles. The van der Waals surface area contributed by atoms with Crippen molar-refractivity contribution >= 4 is 21.4 Å². The summed E-state index contributed by atoms with van der Waals surface area (Å²) in [6.07, 6.45) is 0.515. The number of sulfone groups is 1. The van der Waals surface area contributed by atoms with Crippen LogP contribution in [0.25, 0.3) is 0 Å². The van der Waals surface area contributed by atoms with Crippen LogP contribution in [-0.2, 0) is 9.84 Å². The highest BCUT2D eigenvalue weighted by Crippen LogP contribution is 2.30. The van der Waals surface area contributed by atoms with Gasteiger partial charge in [-0.05, 0) is 31.5 Å². The summed E-state index contributed by atoms with van der Waals surface area (Å²) >= 11 is 0. The molecule has 0 saturated carbocycles. The predicted molar refractivity (Wildman–Crippen MR) is 96.8 cm³/mol. The Balaban J connectivity index is 1.78. The van der Waals surface area contributed by atoms with Gasteiger partial charge in [-0.1, -0.05) is 0 Å². The van der Waals surface area contributed by atoms with Crippen molar-refractivity contribution < 1.29 is 22.7 Å². The number of hydrogen-bond acceptors (Lipinski definition) is 6. The lowest BCUT2D eigenvalue weighted by molar-refractivity contribution is 0.102. The first-order valence-corrected chi connectivity index (χ1v) is 9.95. The van der Waals surface area contributed by atoms with E-state index in [4.69, 9.17) is 9.47 Å². The topological polar surface area (TPSA) is 99.5 Å². The number of nitrogens with one attached hydrogen (secondary N) is 1. The number of rotatable bonds is 5. The van der Waals surface area contributed by atoms with E-state index in [0.717, 1.165) is 5.69 Å². The summed E-state index contributed by atoms with van der Waals surface area (Å²) in [5.74, 6) is 0.910. The molecule has 1 aliphatic rings. The lowest BCUT2D eigenvalue weighted by Crippen LogP contribution is -2.16. The van der Waals surface area contributed by atoms with Gasteiger partial charge < -0.3 is 14.8 Å². The minimum absolute atomic E-state index is 0.0618. The number of aryl methyl sites for hydroxylation is 1. The molecule has 9 heteroatoms. The highest BCUT2D eigenvalue weighted by atomic mass is 32.2. The summed E-state index contributed by atoms with van der Waals surface area (Å²) in [5, 5.41) is 7.08. The molecule has 0 radical (unpaired) electrons. The Kier molecular flexibility index (Phi) is 4.90. The smallest absolute Gasteiger partial charge is 0.276 e. The third-order valence-electron chi connectivity index (χ3n) is 4.35.